The minimum absolute atomic E-state index is 0.0807. The average molecular weight is 410 g/mol. The standard InChI is InChI=1S/C24H31N3O3/c1-30-20-12-10-16(11-13-20)21(26-24(29)18-6-3-2-4-7-18)14-19-15-22(28)27-23(25-19)17-8-5-9-17/h10-13,15,17-18,21H,2-9,14H2,1H3,(H,26,29)(H,25,27,28)/t21-/m0/s1. The monoisotopic (exact) mass is 409 g/mol. The molecule has 160 valence electrons. The molecule has 1 aromatic carbocycles. The van der Waals surface area contributed by atoms with Gasteiger partial charge < -0.3 is 15.0 Å². The molecule has 2 saturated carbocycles. The summed E-state index contributed by atoms with van der Waals surface area (Å²) in [6.07, 6.45) is 9.19. The van der Waals surface area contributed by atoms with Gasteiger partial charge in [-0.15, -0.1) is 0 Å². The van der Waals surface area contributed by atoms with Gasteiger partial charge in [0, 0.05) is 24.3 Å². The van der Waals surface area contributed by atoms with Crippen molar-refractivity contribution in [2.24, 2.45) is 5.92 Å². The van der Waals surface area contributed by atoms with Crippen LogP contribution in [-0.4, -0.2) is 23.0 Å². The molecule has 2 N–H and O–H groups in total. The van der Waals surface area contributed by atoms with Crippen LogP contribution in [0.15, 0.2) is 35.1 Å². The topological polar surface area (TPSA) is 84.1 Å². The lowest BCUT2D eigenvalue weighted by atomic mass is 9.85. The number of nitrogens with zero attached hydrogens (tertiary/aromatic N) is 1. The van der Waals surface area contributed by atoms with Gasteiger partial charge in [0.2, 0.25) is 5.91 Å². The summed E-state index contributed by atoms with van der Waals surface area (Å²) in [6.45, 7) is 0. The summed E-state index contributed by atoms with van der Waals surface area (Å²) in [5.41, 5.74) is 1.60. The van der Waals surface area contributed by atoms with Crippen molar-refractivity contribution in [1.29, 1.82) is 0 Å². The molecule has 0 bridgehead atoms. The lowest BCUT2D eigenvalue weighted by Gasteiger charge is -2.26. The van der Waals surface area contributed by atoms with Gasteiger partial charge in [0.25, 0.3) is 5.56 Å². The highest BCUT2D eigenvalue weighted by Crippen LogP contribution is 2.34. The van der Waals surface area contributed by atoms with Crippen LogP contribution in [0.4, 0.5) is 0 Å². The Labute approximate surface area is 177 Å². The van der Waals surface area contributed by atoms with Gasteiger partial charge in [-0.2, -0.15) is 0 Å². The number of aromatic amines is 1. The molecular formula is C24H31N3O3. The highest BCUT2D eigenvalue weighted by Gasteiger charge is 2.26. The van der Waals surface area contributed by atoms with Gasteiger partial charge in [0.15, 0.2) is 0 Å². The van der Waals surface area contributed by atoms with Crippen LogP contribution >= 0.6 is 0 Å². The second-order valence-electron chi connectivity index (χ2n) is 8.62. The van der Waals surface area contributed by atoms with E-state index in [0.29, 0.717) is 12.3 Å². The van der Waals surface area contributed by atoms with Crippen LogP contribution in [0.2, 0.25) is 0 Å². The third kappa shape index (κ3) is 4.91. The molecule has 0 radical (unpaired) electrons. The van der Waals surface area contributed by atoms with E-state index < -0.39 is 0 Å². The molecule has 0 spiro atoms. The van der Waals surface area contributed by atoms with Crippen LogP contribution in [0, 0.1) is 5.92 Å². The number of amides is 1. The van der Waals surface area contributed by atoms with Crippen molar-refractivity contribution in [2.75, 3.05) is 7.11 Å². The predicted octanol–water partition coefficient (Wildman–Crippen LogP) is 4.03. The largest absolute Gasteiger partial charge is 0.497 e. The molecule has 0 aliphatic heterocycles. The first-order valence-corrected chi connectivity index (χ1v) is 11.2. The Morgan fingerprint density at radius 2 is 1.87 bits per heavy atom. The average Bonchev–Trinajstić information content (AvgIpc) is 2.72. The fraction of sp³-hybridized carbons (Fsp3) is 0.542. The Bertz CT molecular complexity index is 912. The number of rotatable bonds is 7. The van der Waals surface area contributed by atoms with E-state index in [-0.39, 0.29) is 23.4 Å². The third-order valence-corrected chi connectivity index (χ3v) is 6.53. The Morgan fingerprint density at radius 1 is 1.13 bits per heavy atom. The van der Waals surface area contributed by atoms with Crippen LogP contribution in [0.5, 0.6) is 5.75 Å². The zero-order valence-electron chi connectivity index (χ0n) is 17.7. The maximum Gasteiger partial charge on any atom is 0.251 e. The van der Waals surface area contributed by atoms with E-state index in [1.54, 1.807) is 13.2 Å². The van der Waals surface area contributed by atoms with Gasteiger partial charge in [0.1, 0.15) is 11.6 Å². The van der Waals surface area contributed by atoms with Crippen molar-refractivity contribution in [3.8, 4) is 5.75 Å². The summed E-state index contributed by atoms with van der Waals surface area (Å²) < 4.78 is 5.27. The number of ether oxygens (including phenoxy) is 1. The van der Waals surface area contributed by atoms with Crippen molar-refractivity contribution in [2.45, 2.75) is 69.7 Å². The van der Waals surface area contributed by atoms with Crippen molar-refractivity contribution in [3.05, 3.63) is 57.8 Å². The SMILES string of the molecule is COc1ccc([C@H](Cc2cc(=O)[nH]c(C3CCC3)n2)NC(=O)C2CCCCC2)cc1. The summed E-state index contributed by atoms with van der Waals surface area (Å²) in [5, 5.41) is 3.25. The quantitative estimate of drug-likeness (QED) is 0.723. The first-order chi connectivity index (χ1) is 14.6. The first-order valence-electron chi connectivity index (χ1n) is 11.2. The molecule has 4 rings (SSSR count). The van der Waals surface area contributed by atoms with Gasteiger partial charge in [0.05, 0.1) is 18.8 Å². The summed E-state index contributed by atoms with van der Waals surface area (Å²) in [5.74, 6) is 2.11. The summed E-state index contributed by atoms with van der Waals surface area (Å²) in [4.78, 5) is 32.8. The molecule has 1 heterocycles. The molecule has 30 heavy (non-hydrogen) atoms. The minimum atomic E-state index is -0.228. The van der Waals surface area contributed by atoms with Crippen LogP contribution in [0.25, 0.3) is 0 Å². The zero-order chi connectivity index (χ0) is 20.9. The number of carbonyl (C=O) groups excluding carboxylic acids is 1. The van der Waals surface area contributed by atoms with E-state index in [1.165, 1.54) is 12.8 Å². The molecule has 6 nitrogen and oxygen atoms in total. The van der Waals surface area contributed by atoms with E-state index in [9.17, 15) is 9.59 Å². The minimum Gasteiger partial charge on any atom is -0.497 e. The first kappa shape index (κ1) is 20.6. The molecule has 2 aromatic rings. The van der Waals surface area contributed by atoms with E-state index in [1.807, 2.05) is 24.3 Å². The predicted molar refractivity (Wildman–Crippen MR) is 116 cm³/mol. The Morgan fingerprint density at radius 3 is 2.50 bits per heavy atom. The second-order valence-corrected chi connectivity index (χ2v) is 8.62. The van der Waals surface area contributed by atoms with Gasteiger partial charge in [-0.3, -0.25) is 9.59 Å². The van der Waals surface area contributed by atoms with Crippen molar-refractivity contribution in [1.82, 2.24) is 15.3 Å². The highest BCUT2D eigenvalue weighted by atomic mass is 16.5. The Hall–Kier alpha value is -2.63. The number of carbonyl (C=O) groups is 1. The Balaban J connectivity index is 1.56. The third-order valence-electron chi connectivity index (χ3n) is 6.53. The van der Waals surface area contributed by atoms with Crippen LogP contribution in [-0.2, 0) is 11.2 Å². The molecule has 2 aliphatic rings. The number of hydrogen-bond donors (Lipinski definition) is 2. The van der Waals surface area contributed by atoms with Gasteiger partial charge >= 0.3 is 0 Å². The van der Waals surface area contributed by atoms with Crippen LogP contribution in [0.3, 0.4) is 0 Å². The molecule has 2 fully saturated rings. The fourth-order valence-electron chi connectivity index (χ4n) is 4.46. The summed E-state index contributed by atoms with van der Waals surface area (Å²) >= 11 is 0. The van der Waals surface area contributed by atoms with Crippen LogP contribution in [0.1, 0.15) is 80.4 Å². The molecule has 6 heteroatoms. The molecule has 1 amide bonds. The van der Waals surface area contributed by atoms with Crippen molar-refractivity contribution < 1.29 is 9.53 Å². The zero-order valence-corrected chi connectivity index (χ0v) is 17.7. The number of benzene rings is 1. The summed E-state index contributed by atoms with van der Waals surface area (Å²) in [7, 11) is 1.64. The van der Waals surface area contributed by atoms with Crippen LogP contribution < -0.4 is 15.6 Å². The second kappa shape index (κ2) is 9.45. The number of hydrogen-bond acceptors (Lipinski definition) is 4. The smallest absolute Gasteiger partial charge is 0.251 e. The van der Waals surface area contributed by atoms with Gasteiger partial charge in [-0.05, 0) is 43.4 Å². The lowest BCUT2D eigenvalue weighted by Crippen LogP contribution is -2.36. The highest BCUT2D eigenvalue weighted by molar-refractivity contribution is 5.79. The van der Waals surface area contributed by atoms with Gasteiger partial charge in [-0.1, -0.05) is 37.8 Å². The van der Waals surface area contributed by atoms with E-state index in [2.05, 4.69) is 10.3 Å². The van der Waals surface area contributed by atoms with E-state index in [4.69, 9.17) is 9.72 Å². The number of methoxy groups -OCH3 is 1. The number of H-pyrrole nitrogens is 1. The molecule has 0 saturated heterocycles. The van der Waals surface area contributed by atoms with E-state index >= 15 is 0 Å². The fourth-order valence-corrected chi connectivity index (χ4v) is 4.46. The number of nitrogens with one attached hydrogen (secondary N) is 2. The molecule has 0 unspecified atom stereocenters. The normalized spacial score (nSPS) is 18.4. The molecule has 1 aromatic heterocycles. The maximum absolute atomic E-state index is 13.0. The lowest BCUT2D eigenvalue weighted by molar-refractivity contribution is -0.126. The van der Waals surface area contributed by atoms with Crippen molar-refractivity contribution >= 4 is 5.91 Å². The molecule has 1 atom stereocenters. The molecule has 2 aliphatic carbocycles. The maximum atomic E-state index is 13.0. The van der Waals surface area contributed by atoms with Crippen molar-refractivity contribution in [3.63, 3.8) is 0 Å². The number of aromatic nitrogens is 2. The van der Waals surface area contributed by atoms with Gasteiger partial charge in [-0.25, -0.2) is 4.98 Å². The molecular weight excluding hydrogens is 378 g/mol. The summed E-state index contributed by atoms with van der Waals surface area (Å²) in [6, 6.07) is 9.09. The Kier molecular flexibility index (Phi) is 6.50. The van der Waals surface area contributed by atoms with E-state index in [0.717, 1.165) is 61.4 Å².